The van der Waals surface area contributed by atoms with E-state index in [1.807, 2.05) is 19.0 Å². The Labute approximate surface area is 99.8 Å². The molecule has 0 aromatic carbocycles. The van der Waals surface area contributed by atoms with Gasteiger partial charge in [-0.05, 0) is 26.9 Å². The molecule has 4 heteroatoms. The summed E-state index contributed by atoms with van der Waals surface area (Å²) in [5.41, 5.74) is 5.86. The van der Waals surface area contributed by atoms with Crippen molar-refractivity contribution in [2.45, 2.75) is 39.2 Å². The van der Waals surface area contributed by atoms with Crippen LogP contribution in [0.25, 0.3) is 0 Å². The van der Waals surface area contributed by atoms with Crippen LogP contribution >= 0.6 is 0 Å². The summed E-state index contributed by atoms with van der Waals surface area (Å²) < 4.78 is 0. The largest absolute Gasteiger partial charge is 0.340 e. The average molecular weight is 229 g/mol. The number of nitrogens with zero attached hydrogens (tertiary/aromatic N) is 2. The molecule has 0 aliphatic rings. The molecule has 0 aromatic rings. The summed E-state index contributed by atoms with van der Waals surface area (Å²) in [6, 6.07) is -0.321. The van der Waals surface area contributed by atoms with E-state index in [2.05, 4.69) is 18.7 Å². The van der Waals surface area contributed by atoms with Gasteiger partial charge in [-0.2, -0.15) is 0 Å². The fourth-order valence-electron chi connectivity index (χ4n) is 1.59. The zero-order valence-electron chi connectivity index (χ0n) is 11.2. The molecule has 0 saturated carbocycles. The molecule has 16 heavy (non-hydrogen) atoms. The first kappa shape index (κ1) is 15.4. The molecule has 0 spiro atoms. The van der Waals surface area contributed by atoms with Gasteiger partial charge in [0.2, 0.25) is 5.91 Å². The predicted molar refractivity (Wildman–Crippen MR) is 68.3 cm³/mol. The molecule has 0 bridgehead atoms. The first-order valence-electron chi connectivity index (χ1n) is 6.22. The second kappa shape index (κ2) is 8.53. The molecule has 1 atom stereocenters. The standard InChI is InChI=1S/C12H27N3O/c1-5-7-11(13)12(16)15(8-6-2)10-9-14(3)4/h11H,5-10,13H2,1-4H3/t11-/m1/s1. The van der Waals surface area contributed by atoms with Gasteiger partial charge in [-0.1, -0.05) is 20.3 Å². The van der Waals surface area contributed by atoms with Crippen LogP contribution in [0.3, 0.4) is 0 Å². The molecule has 0 saturated heterocycles. The maximum atomic E-state index is 12.0. The highest BCUT2D eigenvalue weighted by molar-refractivity contribution is 5.81. The Morgan fingerprint density at radius 3 is 2.19 bits per heavy atom. The van der Waals surface area contributed by atoms with Crippen molar-refractivity contribution < 1.29 is 4.79 Å². The Bertz CT molecular complexity index is 195. The van der Waals surface area contributed by atoms with Crippen molar-refractivity contribution in [1.29, 1.82) is 0 Å². The van der Waals surface area contributed by atoms with Gasteiger partial charge in [0.25, 0.3) is 0 Å². The number of likely N-dealkylation sites (N-methyl/N-ethyl adjacent to an activating group) is 1. The molecule has 0 unspecified atom stereocenters. The van der Waals surface area contributed by atoms with Crippen molar-refractivity contribution in [1.82, 2.24) is 9.80 Å². The van der Waals surface area contributed by atoms with E-state index in [0.717, 1.165) is 38.9 Å². The Kier molecular flexibility index (Phi) is 8.21. The van der Waals surface area contributed by atoms with E-state index in [1.165, 1.54) is 0 Å². The van der Waals surface area contributed by atoms with E-state index in [-0.39, 0.29) is 11.9 Å². The lowest BCUT2D eigenvalue weighted by molar-refractivity contribution is -0.133. The third kappa shape index (κ3) is 6.08. The smallest absolute Gasteiger partial charge is 0.239 e. The Balaban J connectivity index is 4.22. The molecule has 0 rings (SSSR count). The average Bonchev–Trinajstić information content (AvgIpc) is 2.23. The molecule has 2 N–H and O–H groups in total. The van der Waals surface area contributed by atoms with Crippen molar-refractivity contribution in [2.24, 2.45) is 5.73 Å². The van der Waals surface area contributed by atoms with Gasteiger partial charge >= 0.3 is 0 Å². The van der Waals surface area contributed by atoms with Gasteiger partial charge in [-0.15, -0.1) is 0 Å². The Morgan fingerprint density at radius 1 is 1.12 bits per heavy atom. The maximum Gasteiger partial charge on any atom is 0.239 e. The minimum absolute atomic E-state index is 0.102. The van der Waals surface area contributed by atoms with Crippen molar-refractivity contribution in [3.05, 3.63) is 0 Å². The molecular weight excluding hydrogens is 202 g/mol. The summed E-state index contributed by atoms with van der Waals surface area (Å²) in [5, 5.41) is 0. The fraction of sp³-hybridized carbons (Fsp3) is 0.917. The highest BCUT2D eigenvalue weighted by atomic mass is 16.2. The van der Waals surface area contributed by atoms with E-state index < -0.39 is 0 Å². The number of hydrogen-bond donors (Lipinski definition) is 1. The van der Waals surface area contributed by atoms with Gasteiger partial charge < -0.3 is 15.5 Å². The third-order valence-electron chi connectivity index (χ3n) is 2.54. The van der Waals surface area contributed by atoms with Crippen LogP contribution in [-0.2, 0) is 4.79 Å². The first-order valence-corrected chi connectivity index (χ1v) is 6.22. The Hall–Kier alpha value is -0.610. The summed E-state index contributed by atoms with van der Waals surface area (Å²) in [4.78, 5) is 16.0. The quantitative estimate of drug-likeness (QED) is 0.673. The Morgan fingerprint density at radius 2 is 1.75 bits per heavy atom. The van der Waals surface area contributed by atoms with Crippen molar-refractivity contribution in [2.75, 3.05) is 33.7 Å². The first-order chi connectivity index (χ1) is 7.52. The van der Waals surface area contributed by atoms with E-state index in [0.29, 0.717) is 0 Å². The highest BCUT2D eigenvalue weighted by Gasteiger charge is 2.19. The summed E-state index contributed by atoms with van der Waals surface area (Å²) in [6.07, 6.45) is 2.72. The van der Waals surface area contributed by atoms with Gasteiger partial charge in [0.15, 0.2) is 0 Å². The summed E-state index contributed by atoms with van der Waals surface area (Å²) in [7, 11) is 4.03. The van der Waals surface area contributed by atoms with E-state index in [4.69, 9.17) is 5.73 Å². The molecule has 4 nitrogen and oxygen atoms in total. The van der Waals surface area contributed by atoms with Crippen molar-refractivity contribution in [3.8, 4) is 0 Å². The van der Waals surface area contributed by atoms with Crippen molar-refractivity contribution >= 4 is 5.91 Å². The molecule has 0 heterocycles. The van der Waals surface area contributed by atoms with Crippen LogP contribution in [0.5, 0.6) is 0 Å². The van der Waals surface area contributed by atoms with Crippen LogP contribution in [0.4, 0.5) is 0 Å². The second-order valence-electron chi connectivity index (χ2n) is 4.52. The van der Waals surface area contributed by atoms with Crippen LogP contribution in [0.15, 0.2) is 0 Å². The molecule has 0 aromatic heterocycles. The maximum absolute atomic E-state index is 12.0. The molecule has 0 aliphatic heterocycles. The van der Waals surface area contributed by atoms with Crippen LogP contribution in [-0.4, -0.2) is 55.5 Å². The van der Waals surface area contributed by atoms with E-state index >= 15 is 0 Å². The van der Waals surface area contributed by atoms with Crippen LogP contribution in [0.2, 0.25) is 0 Å². The zero-order valence-corrected chi connectivity index (χ0v) is 11.2. The van der Waals surface area contributed by atoms with Crippen LogP contribution in [0, 0.1) is 0 Å². The molecule has 0 aliphatic carbocycles. The molecular formula is C12H27N3O. The van der Waals surface area contributed by atoms with Crippen LogP contribution in [0.1, 0.15) is 33.1 Å². The lowest BCUT2D eigenvalue weighted by Crippen LogP contribution is -2.46. The fourth-order valence-corrected chi connectivity index (χ4v) is 1.59. The lowest BCUT2D eigenvalue weighted by atomic mass is 10.1. The lowest BCUT2D eigenvalue weighted by Gasteiger charge is -2.26. The third-order valence-corrected chi connectivity index (χ3v) is 2.54. The van der Waals surface area contributed by atoms with Gasteiger partial charge in [0, 0.05) is 19.6 Å². The number of nitrogens with two attached hydrogens (primary N) is 1. The number of hydrogen-bond acceptors (Lipinski definition) is 3. The summed E-state index contributed by atoms with van der Waals surface area (Å²) >= 11 is 0. The predicted octanol–water partition coefficient (Wildman–Crippen LogP) is 0.914. The zero-order chi connectivity index (χ0) is 12.6. The van der Waals surface area contributed by atoms with Gasteiger partial charge in [0.1, 0.15) is 0 Å². The topological polar surface area (TPSA) is 49.6 Å². The highest BCUT2D eigenvalue weighted by Crippen LogP contribution is 2.01. The second-order valence-corrected chi connectivity index (χ2v) is 4.52. The molecule has 0 fully saturated rings. The number of carbonyl (C=O) groups excluding carboxylic acids is 1. The normalized spacial score (nSPS) is 12.9. The number of carbonyl (C=O) groups is 1. The minimum atomic E-state index is -0.321. The molecule has 1 amide bonds. The monoisotopic (exact) mass is 229 g/mol. The van der Waals surface area contributed by atoms with Gasteiger partial charge in [-0.3, -0.25) is 4.79 Å². The minimum Gasteiger partial charge on any atom is -0.340 e. The van der Waals surface area contributed by atoms with Gasteiger partial charge in [-0.25, -0.2) is 0 Å². The molecule has 96 valence electrons. The van der Waals surface area contributed by atoms with Crippen LogP contribution < -0.4 is 5.73 Å². The summed E-state index contributed by atoms with van der Waals surface area (Å²) in [5.74, 6) is 0.102. The van der Waals surface area contributed by atoms with Crippen molar-refractivity contribution in [3.63, 3.8) is 0 Å². The molecule has 0 radical (unpaired) electrons. The van der Waals surface area contributed by atoms with Gasteiger partial charge in [0.05, 0.1) is 6.04 Å². The summed E-state index contributed by atoms with van der Waals surface area (Å²) in [6.45, 7) is 6.62. The SMILES string of the molecule is CCC[C@@H](N)C(=O)N(CCC)CCN(C)C. The van der Waals surface area contributed by atoms with E-state index in [9.17, 15) is 4.79 Å². The number of amides is 1. The number of rotatable bonds is 8. The van der Waals surface area contributed by atoms with E-state index in [1.54, 1.807) is 0 Å².